The Bertz CT molecular complexity index is 484. The molecule has 102 valence electrons. The van der Waals surface area contributed by atoms with Crippen molar-refractivity contribution in [3.05, 3.63) is 23.8 Å². The zero-order valence-electron chi connectivity index (χ0n) is 11.0. The van der Waals surface area contributed by atoms with Crippen LogP contribution >= 0.6 is 0 Å². The zero-order valence-corrected chi connectivity index (χ0v) is 11.0. The molecule has 0 aromatic heterocycles. The first-order chi connectivity index (χ1) is 9.24. The van der Waals surface area contributed by atoms with Gasteiger partial charge in [0.1, 0.15) is 0 Å². The lowest BCUT2D eigenvalue weighted by molar-refractivity contribution is 0.174. The number of carbonyl (C=O) groups is 1. The summed E-state index contributed by atoms with van der Waals surface area (Å²) in [6.07, 6.45) is 2.21. The van der Waals surface area contributed by atoms with Gasteiger partial charge in [-0.25, -0.2) is 4.79 Å². The fourth-order valence-corrected chi connectivity index (χ4v) is 2.46. The molecule has 0 bridgehead atoms. The van der Waals surface area contributed by atoms with Crippen LogP contribution in [-0.4, -0.2) is 30.8 Å². The van der Waals surface area contributed by atoms with Crippen molar-refractivity contribution in [2.45, 2.75) is 25.8 Å². The third kappa shape index (κ3) is 2.45. The van der Waals surface area contributed by atoms with E-state index in [1.807, 2.05) is 30.0 Å². The highest BCUT2D eigenvalue weighted by Crippen LogP contribution is 2.34. The topological polar surface area (TPSA) is 50.8 Å². The van der Waals surface area contributed by atoms with Gasteiger partial charge >= 0.3 is 6.03 Å². The van der Waals surface area contributed by atoms with E-state index in [1.54, 1.807) is 0 Å². The SMILES string of the molecule is CC(NC(=O)N1CCCC1)c1ccc2c(c1)OCO2. The maximum absolute atomic E-state index is 12.0. The quantitative estimate of drug-likeness (QED) is 0.889. The minimum atomic E-state index is -0.0393. The molecule has 1 saturated heterocycles. The molecule has 0 aliphatic carbocycles. The van der Waals surface area contributed by atoms with Crippen molar-refractivity contribution in [1.82, 2.24) is 10.2 Å². The van der Waals surface area contributed by atoms with Crippen molar-refractivity contribution in [2.24, 2.45) is 0 Å². The van der Waals surface area contributed by atoms with Crippen molar-refractivity contribution >= 4 is 6.03 Å². The predicted octanol–water partition coefficient (Wildman–Crippen LogP) is 2.28. The molecule has 1 N–H and O–H groups in total. The molecular formula is C14H18N2O3. The number of hydrogen-bond acceptors (Lipinski definition) is 3. The molecule has 1 aromatic rings. The number of fused-ring (bicyclic) bond motifs is 1. The van der Waals surface area contributed by atoms with Crippen LogP contribution in [-0.2, 0) is 0 Å². The van der Waals surface area contributed by atoms with Gasteiger partial charge in [0, 0.05) is 13.1 Å². The molecular weight excluding hydrogens is 244 g/mol. The number of urea groups is 1. The number of carbonyl (C=O) groups excluding carboxylic acids is 1. The lowest BCUT2D eigenvalue weighted by Gasteiger charge is -2.20. The lowest BCUT2D eigenvalue weighted by Crippen LogP contribution is -2.39. The third-order valence-electron chi connectivity index (χ3n) is 3.63. The number of rotatable bonds is 2. The first-order valence-corrected chi connectivity index (χ1v) is 6.69. The summed E-state index contributed by atoms with van der Waals surface area (Å²) >= 11 is 0. The second-order valence-corrected chi connectivity index (χ2v) is 4.98. The Morgan fingerprint density at radius 3 is 2.79 bits per heavy atom. The molecule has 5 nitrogen and oxygen atoms in total. The number of likely N-dealkylation sites (tertiary alicyclic amines) is 1. The van der Waals surface area contributed by atoms with E-state index in [0.717, 1.165) is 43.0 Å². The van der Waals surface area contributed by atoms with Crippen LogP contribution in [0.1, 0.15) is 31.4 Å². The Labute approximate surface area is 112 Å². The van der Waals surface area contributed by atoms with Gasteiger partial charge in [0.15, 0.2) is 11.5 Å². The second kappa shape index (κ2) is 4.99. The number of hydrogen-bond donors (Lipinski definition) is 1. The molecule has 0 saturated carbocycles. The van der Waals surface area contributed by atoms with Crippen molar-refractivity contribution in [1.29, 1.82) is 0 Å². The molecule has 1 unspecified atom stereocenters. The average Bonchev–Trinajstić information content (AvgIpc) is 3.09. The van der Waals surface area contributed by atoms with E-state index in [1.165, 1.54) is 0 Å². The summed E-state index contributed by atoms with van der Waals surface area (Å²) in [4.78, 5) is 13.9. The van der Waals surface area contributed by atoms with E-state index in [2.05, 4.69) is 5.32 Å². The van der Waals surface area contributed by atoms with Gasteiger partial charge in [-0.05, 0) is 37.5 Å². The maximum atomic E-state index is 12.0. The first-order valence-electron chi connectivity index (χ1n) is 6.69. The Kier molecular flexibility index (Phi) is 3.19. The smallest absolute Gasteiger partial charge is 0.317 e. The fraction of sp³-hybridized carbons (Fsp3) is 0.500. The number of ether oxygens (including phenoxy) is 2. The summed E-state index contributed by atoms with van der Waals surface area (Å²) in [6.45, 7) is 3.97. The van der Waals surface area contributed by atoms with Gasteiger partial charge in [-0.15, -0.1) is 0 Å². The molecule has 2 aliphatic rings. The van der Waals surface area contributed by atoms with Crippen molar-refractivity contribution < 1.29 is 14.3 Å². The molecule has 2 aliphatic heterocycles. The first kappa shape index (κ1) is 12.1. The van der Waals surface area contributed by atoms with Crippen molar-refractivity contribution in [3.8, 4) is 11.5 Å². The standard InChI is InChI=1S/C14H18N2O3/c1-10(15-14(17)16-6-2-3-7-16)11-4-5-12-13(8-11)19-9-18-12/h4-5,8,10H,2-3,6-7,9H2,1H3,(H,15,17). The van der Waals surface area contributed by atoms with Crippen LogP contribution in [0.4, 0.5) is 4.79 Å². The van der Waals surface area contributed by atoms with Gasteiger partial charge in [-0.1, -0.05) is 6.07 Å². The summed E-state index contributed by atoms with van der Waals surface area (Å²) in [5.74, 6) is 1.52. The Morgan fingerprint density at radius 2 is 2.00 bits per heavy atom. The van der Waals surface area contributed by atoms with E-state index in [-0.39, 0.29) is 18.9 Å². The van der Waals surface area contributed by atoms with Crippen LogP contribution < -0.4 is 14.8 Å². The molecule has 1 atom stereocenters. The van der Waals surface area contributed by atoms with Gasteiger partial charge in [0.2, 0.25) is 6.79 Å². The molecule has 0 radical (unpaired) electrons. The minimum Gasteiger partial charge on any atom is -0.454 e. The van der Waals surface area contributed by atoms with Crippen molar-refractivity contribution in [3.63, 3.8) is 0 Å². The summed E-state index contributed by atoms with van der Waals surface area (Å²) in [6, 6.07) is 5.75. The molecule has 0 spiro atoms. The average molecular weight is 262 g/mol. The van der Waals surface area contributed by atoms with E-state index in [9.17, 15) is 4.79 Å². The van der Waals surface area contributed by atoms with Crippen molar-refractivity contribution in [2.75, 3.05) is 19.9 Å². The zero-order chi connectivity index (χ0) is 13.2. The second-order valence-electron chi connectivity index (χ2n) is 4.98. The molecule has 2 amide bonds. The van der Waals surface area contributed by atoms with Gasteiger partial charge in [-0.2, -0.15) is 0 Å². The highest BCUT2D eigenvalue weighted by molar-refractivity contribution is 5.75. The Hall–Kier alpha value is -1.91. The maximum Gasteiger partial charge on any atom is 0.317 e. The summed E-state index contributed by atoms with van der Waals surface area (Å²) in [5, 5.41) is 3.02. The molecule has 2 heterocycles. The van der Waals surface area contributed by atoms with E-state index >= 15 is 0 Å². The van der Waals surface area contributed by atoms with Gasteiger partial charge in [-0.3, -0.25) is 0 Å². The van der Waals surface area contributed by atoms with Gasteiger partial charge < -0.3 is 19.7 Å². The van der Waals surface area contributed by atoms with Crippen LogP contribution in [0.5, 0.6) is 11.5 Å². The lowest BCUT2D eigenvalue weighted by atomic mass is 10.1. The monoisotopic (exact) mass is 262 g/mol. The van der Waals surface area contributed by atoms with Gasteiger partial charge in [0.25, 0.3) is 0 Å². The fourth-order valence-electron chi connectivity index (χ4n) is 2.46. The van der Waals surface area contributed by atoms with Crippen LogP contribution in [0.2, 0.25) is 0 Å². The normalized spacial score (nSPS) is 18.5. The summed E-state index contributed by atoms with van der Waals surface area (Å²) in [5.41, 5.74) is 1.02. The van der Waals surface area contributed by atoms with Crippen LogP contribution in [0.25, 0.3) is 0 Å². The third-order valence-corrected chi connectivity index (χ3v) is 3.63. The molecule has 5 heteroatoms. The summed E-state index contributed by atoms with van der Waals surface area (Å²) < 4.78 is 10.6. The minimum absolute atomic E-state index is 0.0164. The Morgan fingerprint density at radius 1 is 1.26 bits per heavy atom. The van der Waals surface area contributed by atoms with E-state index < -0.39 is 0 Å². The predicted molar refractivity (Wildman–Crippen MR) is 70.3 cm³/mol. The van der Waals surface area contributed by atoms with Crippen LogP contribution in [0.3, 0.4) is 0 Å². The molecule has 3 rings (SSSR count). The number of nitrogens with zero attached hydrogens (tertiary/aromatic N) is 1. The summed E-state index contributed by atoms with van der Waals surface area (Å²) in [7, 11) is 0. The highest BCUT2D eigenvalue weighted by Gasteiger charge is 2.21. The molecule has 1 aromatic carbocycles. The number of nitrogens with one attached hydrogen (secondary N) is 1. The van der Waals surface area contributed by atoms with E-state index in [4.69, 9.17) is 9.47 Å². The van der Waals surface area contributed by atoms with Crippen LogP contribution in [0, 0.1) is 0 Å². The van der Waals surface area contributed by atoms with Gasteiger partial charge in [0.05, 0.1) is 6.04 Å². The largest absolute Gasteiger partial charge is 0.454 e. The van der Waals surface area contributed by atoms with E-state index in [0.29, 0.717) is 0 Å². The van der Waals surface area contributed by atoms with Crippen LogP contribution in [0.15, 0.2) is 18.2 Å². The highest BCUT2D eigenvalue weighted by atomic mass is 16.7. The molecule has 1 fully saturated rings. The Balaban J connectivity index is 1.66. The number of amides is 2. The number of benzene rings is 1. The molecule has 19 heavy (non-hydrogen) atoms.